The van der Waals surface area contributed by atoms with Gasteiger partial charge in [-0.1, -0.05) is 16.8 Å². The Balaban J connectivity index is 1.57. The number of nitrogens with zero attached hydrogens (tertiary/aromatic N) is 5. The van der Waals surface area contributed by atoms with Gasteiger partial charge in [0, 0.05) is 34.1 Å². The summed E-state index contributed by atoms with van der Waals surface area (Å²) in [5.41, 5.74) is 9.36. The number of fused-ring (bicyclic) bond motifs is 1. The van der Waals surface area contributed by atoms with Gasteiger partial charge in [-0.15, -0.1) is 5.10 Å². The molecule has 4 aromatic rings. The normalized spacial score (nSPS) is 11.0. The van der Waals surface area contributed by atoms with Crippen LogP contribution in [0.25, 0.3) is 22.6 Å². The predicted molar refractivity (Wildman–Crippen MR) is 97.6 cm³/mol. The van der Waals surface area contributed by atoms with Gasteiger partial charge in [0.2, 0.25) is 0 Å². The van der Waals surface area contributed by atoms with Crippen molar-refractivity contribution in [2.75, 3.05) is 5.73 Å². The Labute approximate surface area is 153 Å². The van der Waals surface area contributed by atoms with Crippen molar-refractivity contribution in [3.05, 3.63) is 52.8 Å². The first-order valence-electron chi connectivity index (χ1n) is 7.78. The summed E-state index contributed by atoms with van der Waals surface area (Å²) in [6.45, 7) is 2.19. The van der Waals surface area contributed by atoms with Gasteiger partial charge in [0.15, 0.2) is 22.7 Å². The molecule has 0 fully saturated rings. The van der Waals surface area contributed by atoms with Crippen LogP contribution in [0.2, 0.25) is 5.02 Å². The second-order valence-corrected chi connectivity index (χ2v) is 6.09. The molecule has 1 aromatic carbocycles. The number of hydrogen-bond donors (Lipinski definition) is 2. The lowest BCUT2D eigenvalue weighted by atomic mass is 10.2. The molecule has 0 unspecified atom stereocenters. The lowest BCUT2D eigenvalue weighted by molar-refractivity contribution is 0.307. The molecule has 0 amide bonds. The zero-order valence-electron chi connectivity index (χ0n) is 13.8. The highest BCUT2D eigenvalue weighted by molar-refractivity contribution is 6.30. The number of anilines is 1. The minimum Gasteiger partial charge on any atom is -0.486 e. The topological polar surface area (TPSA) is 115 Å². The van der Waals surface area contributed by atoms with E-state index >= 15 is 0 Å². The van der Waals surface area contributed by atoms with Gasteiger partial charge in [-0.25, -0.2) is 20.1 Å². The molecule has 3 heterocycles. The van der Waals surface area contributed by atoms with Crippen LogP contribution in [0, 0.1) is 6.92 Å². The molecule has 130 valence electrons. The molecule has 0 saturated heterocycles. The van der Waals surface area contributed by atoms with Gasteiger partial charge in [-0.3, -0.25) is 0 Å². The fraction of sp³-hybridized carbons (Fsp3) is 0.118. The summed E-state index contributed by atoms with van der Waals surface area (Å²) in [7, 11) is 0. The molecule has 8 nitrogen and oxygen atoms in total. The monoisotopic (exact) mass is 367 g/mol. The van der Waals surface area contributed by atoms with Crippen molar-refractivity contribution in [2.24, 2.45) is 0 Å². The highest BCUT2D eigenvalue weighted by Gasteiger charge is 2.11. The van der Waals surface area contributed by atoms with E-state index in [4.69, 9.17) is 22.1 Å². The number of aromatic amines is 1. The minimum absolute atomic E-state index is 0.276. The lowest BCUT2D eigenvalue weighted by Gasteiger charge is -2.10. The predicted octanol–water partition coefficient (Wildman–Crippen LogP) is 2.93. The average Bonchev–Trinajstić information content (AvgIpc) is 3.09. The van der Waals surface area contributed by atoms with Gasteiger partial charge in [-0.05, 0) is 31.2 Å². The number of aryl methyl sites for hydroxylation is 1. The molecule has 0 spiro atoms. The number of hydrogen-bond acceptors (Lipinski definition) is 7. The number of ether oxygens (including phenoxy) is 1. The van der Waals surface area contributed by atoms with Crippen LogP contribution < -0.4 is 10.5 Å². The van der Waals surface area contributed by atoms with Gasteiger partial charge in [0.05, 0.1) is 0 Å². The molecule has 0 atom stereocenters. The van der Waals surface area contributed by atoms with E-state index < -0.39 is 0 Å². The largest absolute Gasteiger partial charge is 0.486 e. The third-order valence-electron chi connectivity index (χ3n) is 3.85. The molecule has 26 heavy (non-hydrogen) atoms. The number of H-pyrrole nitrogens is 1. The number of rotatable bonds is 4. The second-order valence-electron chi connectivity index (χ2n) is 5.65. The van der Waals surface area contributed by atoms with Crippen molar-refractivity contribution < 1.29 is 4.74 Å². The maximum Gasteiger partial charge on any atom is 0.181 e. The van der Waals surface area contributed by atoms with E-state index in [0.717, 1.165) is 16.8 Å². The molecule has 0 aliphatic carbocycles. The van der Waals surface area contributed by atoms with Gasteiger partial charge in [0.1, 0.15) is 12.4 Å². The Hall–Kier alpha value is -3.26. The van der Waals surface area contributed by atoms with Crippen LogP contribution in [0.1, 0.15) is 11.3 Å². The van der Waals surface area contributed by atoms with Crippen LogP contribution in [0.4, 0.5) is 5.82 Å². The first-order valence-corrected chi connectivity index (χ1v) is 8.16. The van der Waals surface area contributed by atoms with E-state index in [-0.39, 0.29) is 6.61 Å². The Morgan fingerprint density at radius 1 is 1.19 bits per heavy atom. The lowest BCUT2D eigenvalue weighted by Crippen LogP contribution is -2.03. The number of halogens is 1. The van der Waals surface area contributed by atoms with Crippen LogP contribution in [0.15, 0.2) is 36.5 Å². The Morgan fingerprint density at radius 2 is 2.00 bits per heavy atom. The quantitative estimate of drug-likeness (QED) is 0.569. The van der Waals surface area contributed by atoms with E-state index in [1.54, 1.807) is 12.3 Å². The molecule has 0 aliphatic rings. The standard InChI is InChI=1S/C17H14ClN7O/c1-9-11(7-20-16(21-9)10-2-4-12(18)5-3-10)8-26-13-6-14(19)22-17-15(13)23-25-24-17/h2-7H,8H2,1H3,(H3,19,22,23,24,25). The van der Waals surface area contributed by atoms with Crippen molar-refractivity contribution in [3.63, 3.8) is 0 Å². The zero-order chi connectivity index (χ0) is 18.1. The molecule has 0 bridgehead atoms. The van der Waals surface area contributed by atoms with E-state index in [1.807, 2.05) is 31.2 Å². The SMILES string of the molecule is Cc1nc(-c2ccc(Cl)cc2)ncc1COc1cc(N)nc2[nH]nnc12. The van der Waals surface area contributed by atoms with Gasteiger partial charge in [0.25, 0.3) is 0 Å². The van der Waals surface area contributed by atoms with Crippen LogP contribution in [-0.2, 0) is 6.61 Å². The molecule has 0 aliphatic heterocycles. The Morgan fingerprint density at radius 3 is 2.77 bits per heavy atom. The van der Waals surface area contributed by atoms with E-state index in [0.29, 0.717) is 33.6 Å². The molecule has 3 N–H and O–H groups in total. The number of benzene rings is 1. The summed E-state index contributed by atoms with van der Waals surface area (Å²) < 4.78 is 5.85. The number of nitrogens with one attached hydrogen (secondary N) is 1. The first-order chi connectivity index (χ1) is 12.6. The highest BCUT2D eigenvalue weighted by atomic mass is 35.5. The summed E-state index contributed by atoms with van der Waals surface area (Å²) in [5, 5.41) is 11.0. The fourth-order valence-corrected chi connectivity index (χ4v) is 2.59. The van der Waals surface area contributed by atoms with Gasteiger partial charge >= 0.3 is 0 Å². The summed E-state index contributed by atoms with van der Waals surface area (Å²) >= 11 is 5.92. The van der Waals surface area contributed by atoms with Crippen molar-refractivity contribution in [3.8, 4) is 17.1 Å². The number of nitrogens with two attached hydrogens (primary N) is 1. The smallest absolute Gasteiger partial charge is 0.181 e. The molecule has 4 rings (SSSR count). The molecular formula is C17H14ClN7O. The Bertz CT molecular complexity index is 1080. The molecular weight excluding hydrogens is 354 g/mol. The summed E-state index contributed by atoms with van der Waals surface area (Å²) in [4.78, 5) is 13.1. The van der Waals surface area contributed by atoms with E-state index in [9.17, 15) is 0 Å². The van der Waals surface area contributed by atoms with Crippen LogP contribution in [-0.4, -0.2) is 30.4 Å². The maximum absolute atomic E-state index is 5.92. The molecule has 0 radical (unpaired) electrons. The highest BCUT2D eigenvalue weighted by Crippen LogP contribution is 2.25. The zero-order valence-corrected chi connectivity index (χ0v) is 14.5. The number of nitrogen functional groups attached to an aromatic ring is 1. The molecule has 3 aromatic heterocycles. The first kappa shape index (κ1) is 16.2. The average molecular weight is 368 g/mol. The summed E-state index contributed by atoms with van der Waals surface area (Å²) in [5.74, 6) is 1.46. The molecule has 9 heteroatoms. The fourth-order valence-electron chi connectivity index (χ4n) is 2.47. The van der Waals surface area contributed by atoms with Crippen LogP contribution >= 0.6 is 11.6 Å². The van der Waals surface area contributed by atoms with E-state index in [1.165, 1.54) is 0 Å². The van der Waals surface area contributed by atoms with E-state index in [2.05, 4.69) is 30.4 Å². The minimum atomic E-state index is 0.276. The second kappa shape index (κ2) is 6.57. The van der Waals surface area contributed by atoms with Crippen molar-refractivity contribution in [1.29, 1.82) is 0 Å². The van der Waals surface area contributed by atoms with Crippen molar-refractivity contribution in [2.45, 2.75) is 13.5 Å². The maximum atomic E-state index is 5.92. The van der Waals surface area contributed by atoms with Gasteiger partial charge < -0.3 is 10.5 Å². The third-order valence-corrected chi connectivity index (χ3v) is 4.10. The van der Waals surface area contributed by atoms with Crippen LogP contribution in [0.3, 0.4) is 0 Å². The van der Waals surface area contributed by atoms with Crippen LogP contribution in [0.5, 0.6) is 5.75 Å². The van der Waals surface area contributed by atoms with Gasteiger partial charge in [-0.2, -0.15) is 0 Å². The number of aromatic nitrogens is 6. The van der Waals surface area contributed by atoms with Crippen molar-refractivity contribution >= 4 is 28.6 Å². The summed E-state index contributed by atoms with van der Waals surface area (Å²) in [6.07, 6.45) is 1.75. The van der Waals surface area contributed by atoms with Crippen molar-refractivity contribution in [1.82, 2.24) is 30.4 Å². The summed E-state index contributed by atoms with van der Waals surface area (Å²) in [6, 6.07) is 9.00. The molecule has 0 saturated carbocycles. The Kier molecular flexibility index (Phi) is 4.10. The number of pyridine rings is 1. The third kappa shape index (κ3) is 3.14.